The molecule has 0 bridgehead atoms. The van der Waals surface area contributed by atoms with E-state index in [4.69, 9.17) is 0 Å². The van der Waals surface area contributed by atoms with Crippen LogP contribution in [0, 0.1) is 34.1 Å². The fourth-order valence-electron chi connectivity index (χ4n) is 1.44. The first kappa shape index (κ1) is 15.3. The van der Waals surface area contributed by atoms with E-state index in [1.807, 2.05) is 0 Å². The van der Waals surface area contributed by atoms with Gasteiger partial charge in [0.15, 0.2) is 0 Å². The molecule has 0 spiro atoms. The zero-order chi connectivity index (χ0) is 15.1. The molecule has 0 N–H and O–H groups in total. The highest BCUT2D eigenvalue weighted by Crippen LogP contribution is 2.24. The second kappa shape index (κ2) is 6.98. The molecule has 6 heteroatoms. The molecule has 0 amide bonds. The molecule has 0 radical (unpaired) electrons. The quantitative estimate of drug-likeness (QED) is 0.615. The van der Waals surface area contributed by atoms with Crippen LogP contribution in [0.4, 0.5) is 11.4 Å². The third-order valence-electron chi connectivity index (χ3n) is 2.70. The van der Waals surface area contributed by atoms with E-state index < -0.39 is 21.2 Å². The SMILES string of the molecule is Cc1ccccc1C.O=[N+]([O-])c1ccccc1[N+](=O)[O-]. The van der Waals surface area contributed by atoms with E-state index in [2.05, 4.69) is 38.1 Å². The van der Waals surface area contributed by atoms with E-state index in [0.717, 1.165) is 12.1 Å². The number of benzene rings is 2. The van der Waals surface area contributed by atoms with Crippen molar-refractivity contribution in [2.45, 2.75) is 13.8 Å². The van der Waals surface area contributed by atoms with Crippen LogP contribution in [-0.4, -0.2) is 9.85 Å². The van der Waals surface area contributed by atoms with Crippen molar-refractivity contribution in [3.63, 3.8) is 0 Å². The van der Waals surface area contributed by atoms with Crippen molar-refractivity contribution in [1.29, 1.82) is 0 Å². The van der Waals surface area contributed by atoms with Crippen LogP contribution in [0.5, 0.6) is 0 Å². The molecule has 20 heavy (non-hydrogen) atoms. The second-order valence-electron chi connectivity index (χ2n) is 4.09. The molecule has 104 valence electrons. The van der Waals surface area contributed by atoms with Crippen LogP contribution in [-0.2, 0) is 0 Å². The lowest BCUT2D eigenvalue weighted by atomic mass is 10.1. The summed E-state index contributed by atoms with van der Waals surface area (Å²) in [6.07, 6.45) is 0. The van der Waals surface area contributed by atoms with Crippen LogP contribution in [0.1, 0.15) is 11.1 Å². The molecule has 0 heterocycles. The molecule has 0 unspecified atom stereocenters. The highest BCUT2D eigenvalue weighted by Gasteiger charge is 2.21. The number of nitro benzene ring substituents is 2. The van der Waals surface area contributed by atoms with Gasteiger partial charge in [-0.3, -0.25) is 20.2 Å². The van der Waals surface area contributed by atoms with Crippen LogP contribution >= 0.6 is 0 Å². The van der Waals surface area contributed by atoms with Gasteiger partial charge >= 0.3 is 11.4 Å². The Morgan fingerprint density at radius 2 is 1.00 bits per heavy atom. The van der Waals surface area contributed by atoms with E-state index in [9.17, 15) is 20.2 Å². The number of para-hydroxylation sites is 2. The number of hydrogen-bond donors (Lipinski definition) is 0. The summed E-state index contributed by atoms with van der Waals surface area (Å²) in [7, 11) is 0. The van der Waals surface area contributed by atoms with E-state index in [-0.39, 0.29) is 0 Å². The third-order valence-corrected chi connectivity index (χ3v) is 2.70. The monoisotopic (exact) mass is 274 g/mol. The van der Waals surface area contributed by atoms with Crippen LogP contribution in [0.25, 0.3) is 0 Å². The fourth-order valence-corrected chi connectivity index (χ4v) is 1.44. The van der Waals surface area contributed by atoms with Crippen molar-refractivity contribution in [2.75, 3.05) is 0 Å². The Morgan fingerprint density at radius 1 is 0.700 bits per heavy atom. The number of hydrogen-bond acceptors (Lipinski definition) is 4. The first-order valence-electron chi connectivity index (χ1n) is 5.83. The molecule has 6 nitrogen and oxygen atoms in total. The Bertz CT molecular complexity index is 572. The van der Waals surface area contributed by atoms with E-state index in [1.54, 1.807) is 0 Å². The van der Waals surface area contributed by atoms with Crippen molar-refractivity contribution in [2.24, 2.45) is 0 Å². The van der Waals surface area contributed by atoms with Gasteiger partial charge in [-0.2, -0.15) is 0 Å². The van der Waals surface area contributed by atoms with Crippen molar-refractivity contribution in [1.82, 2.24) is 0 Å². The third kappa shape index (κ3) is 4.16. The molecular formula is C14H14N2O4. The van der Waals surface area contributed by atoms with Crippen LogP contribution in [0.2, 0.25) is 0 Å². The maximum absolute atomic E-state index is 10.2. The maximum Gasteiger partial charge on any atom is 0.346 e. The highest BCUT2D eigenvalue weighted by atomic mass is 16.6. The number of rotatable bonds is 2. The molecule has 0 saturated carbocycles. The van der Waals surface area contributed by atoms with Gasteiger partial charge in [0, 0.05) is 12.1 Å². The molecule has 0 aliphatic heterocycles. The summed E-state index contributed by atoms with van der Waals surface area (Å²) in [5.41, 5.74) is 1.77. The number of nitrogens with zero attached hydrogens (tertiary/aromatic N) is 2. The summed E-state index contributed by atoms with van der Waals surface area (Å²) in [6.45, 7) is 4.24. The molecule has 0 aromatic heterocycles. The summed E-state index contributed by atoms with van der Waals surface area (Å²) in [6, 6.07) is 13.3. The predicted octanol–water partition coefficient (Wildman–Crippen LogP) is 3.81. The zero-order valence-electron chi connectivity index (χ0n) is 11.1. The smallest absolute Gasteiger partial charge is 0.258 e. The van der Waals surface area contributed by atoms with Gasteiger partial charge < -0.3 is 0 Å². The Hall–Kier alpha value is -2.76. The zero-order valence-corrected chi connectivity index (χ0v) is 11.1. The summed E-state index contributed by atoms with van der Waals surface area (Å²) in [5.74, 6) is 0. The van der Waals surface area contributed by atoms with Gasteiger partial charge in [0.05, 0.1) is 9.85 Å². The largest absolute Gasteiger partial charge is 0.346 e. The highest BCUT2D eigenvalue weighted by molar-refractivity contribution is 5.51. The summed E-state index contributed by atoms with van der Waals surface area (Å²) in [5, 5.41) is 20.5. The molecule has 2 aromatic rings. The normalized spacial score (nSPS) is 9.30. The average molecular weight is 274 g/mol. The van der Waals surface area contributed by atoms with Gasteiger partial charge in [0.2, 0.25) is 0 Å². The topological polar surface area (TPSA) is 86.3 Å². The van der Waals surface area contributed by atoms with E-state index >= 15 is 0 Å². The second-order valence-corrected chi connectivity index (χ2v) is 4.09. The predicted molar refractivity (Wildman–Crippen MR) is 75.7 cm³/mol. The molecule has 0 fully saturated rings. The van der Waals surface area contributed by atoms with Gasteiger partial charge in [-0.05, 0) is 25.0 Å². The van der Waals surface area contributed by atoms with Gasteiger partial charge in [-0.1, -0.05) is 36.4 Å². The summed E-state index contributed by atoms with van der Waals surface area (Å²) in [4.78, 5) is 18.9. The lowest BCUT2D eigenvalue weighted by Crippen LogP contribution is -1.95. The van der Waals surface area contributed by atoms with E-state index in [1.165, 1.54) is 23.3 Å². The van der Waals surface area contributed by atoms with Gasteiger partial charge in [-0.15, -0.1) is 0 Å². The van der Waals surface area contributed by atoms with Crippen molar-refractivity contribution < 1.29 is 9.85 Å². The standard InChI is InChI=1S/C8H10.C6H4N2O4/c1-7-5-3-4-6-8(7)2;9-7(10)5-3-1-2-4-6(5)8(11)12/h3-6H,1-2H3;1-4H. The first-order valence-corrected chi connectivity index (χ1v) is 5.83. The van der Waals surface area contributed by atoms with E-state index in [0.29, 0.717) is 0 Å². The Balaban J connectivity index is 0.000000217. The van der Waals surface area contributed by atoms with Crippen molar-refractivity contribution in [3.05, 3.63) is 79.9 Å². The molecule has 0 saturated heterocycles. The number of nitro groups is 2. The van der Waals surface area contributed by atoms with Crippen molar-refractivity contribution in [3.8, 4) is 0 Å². The van der Waals surface area contributed by atoms with Crippen LogP contribution in [0.15, 0.2) is 48.5 Å². The van der Waals surface area contributed by atoms with Gasteiger partial charge in [0.1, 0.15) is 0 Å². The summed E-state index contributed by atoms with van der Waals surface area (Å²) < 4.78 is 0. The number of aryl methyl sites for hydroxylation is 2. The minimum atomic E-state index is -0.780. The lowest BCUT2D eigenvalue weighted by molar-refractivity contribution is -0.422. The lowest BCUT2D eigenvalue weighted by Gasteiger charge is -1.93. The molecule has 2 rings (SSSR count). The Labute approximate surface area is 116 Å². The molecule has 2 aromatic carbocycles. The summed E-state index contributed by atoms with van der Waals surface area (Å²) >= 11 is 0. The van der Waals surface area contributed by atoms with Crippen LogP contribution in [0.3, 0.4) is 0 Å². The van der Waals surface area contributed by atoms with Crippen molar-refractivity contribution >= 4 is 11.4 Å². The molecular weight excluding hydrogens is 260 g/mol. The Morgan fingerprint density at radius 3 is 1.25 bits per heavy atom. The first-order chi connectivity index (χ1) is 9.43. The minimum absolute atomic E-state index is 0.484. The van der Waals surface area contributed by atoms with Gasteiger partial charge in [-0.25, -0.2) is 0 Å². The minimum Gasteiger partial charge on any atom is -0.258 e. The molecule has 0 atom stereocenters. The van der Waals surface area contributed by atoms with Gasteiger partial charge in [0.25, 0.3) is 0 Å². The fraction of sp³-hybridized carbons (Fsp3) is 0.143. The average Bonchev–Trinajstić information content (AvgIpc) is 2.43. The molecule has 0 aliphatic rings. The Kier molecular flexibility index (Phi) is 5.34. The molecule has 0 aliphatic carbocycles. The maximum atomic E-state index is 10.2. The van der Waals surface area contributed by atoms with Crippen LogP contribution < -0.4 is 0 Å².